The Morgan fingerprint density at radius 3 is 2.48 bits per heavy atom. The van der Waals surface area contributed by atoms with Gasteiger partial charge in [0.25, 0.3) is 0 Å². The van der Waals surface area contributed by atoms with Crippen molar-refractivity contribution < 1.29 is 14.3 Å². The van der Waals surface area contributed by atoms with Crippen molar-refractivity contribution in [1.29, 1.82) is 5.26 Å². The van der Waals surface area contributed by atoms with Crippen LogP contribution in [0.5, 0.6) is 0 Å². The third-order valence-corrected chi connectivity index (χ3v) is 3.47. The van der Waals surface area contributed by atoms with Gasteiger partial charge in [0.2, 0.25) is 5.78 Å². The highest BCUT2D eigenvalue weighted by Crippen LogP contribution is 2.17. The lowest BCUT2D eigenvalue weighted by Crippen LogP contribution is -2.14. The third-order valence-electron chi connectivity index (χ3n) is 2.78. The second kappa shape index (κ2) is 6.64. The van der Waals surface area contributed by atoms with Gasteiger partial charge in [-0.05, 0) is 35.2 Å². The molecule has 0 aliphatic heterocycles. The Bertz CT molecular complexity index is 722. The molecule has 4 nitrogen and oxygen atoms in total. The molecule has 0 fully saturated rings. The van der Waals surface area contributed by atoms with E-state index in [0.29, 0.717) is 16.7 Å². The first kappa shape index (κ1) is 14.7. The molecule has 0 unspecified atom stereocenters. The number of nitrogens with zero attached hydrogens (tertiary/aromatic N) is 1. The van der Waals surface area contributed by atoms with Gasteiger partial charge in [-0.1, -0.05) is 12.1 Å². The van der Waals surface area contributed by atoms with Crippen molar-refractivity contribution in [2.75, 3.05) is 7.11 Å². The van der Waals surface area contributed by atoms with Crippen LogP contribution in [0.15, 0.2) is 46.7 Å². The smallest absolute Gasteiger partial charge is 0.341 e. The first-order valence-corrected chi connectivity index (χ1v) is 6.97. The van der Waals surface area contributed by atoms with Crippen molar-refractivity contribution in [1.82, 2.24) is 0 Å². The number of rotatable bonds is 4. The van der Waals surface area contributed by atoms with Crippen LogP contribution in [0, 0.1) is 11.3 Å². The van der Waals surface area contributed by atoms with E-state index in [-0.39, 0.29) is 11.4 Å². The lowest BCUT2D eigenvalue weighted by Gasteiger charge is -2.04. The molecule has 0 spiro atoms. The van der Waals surface area contributed by atoms with Crippen molar-refractivity contribution in [3.8, 4) is 6.07 Å². The molecule has 0 amide bonds. The summed E-state index contributed by atoms with van der Waals surface area (Å²) in [5, 5.41) is 12.2. The van der Waals surface area contributed by atoms with Gasteiger partial charge in [-0.3, -0.25) is 4.79 Å². The normalized spacial score (nSPS) is 10.8. The monoisotopic (exact) mass is 297 g/mol. The minimum absolute atomic E-state index is 0.0411. The molecule has 2 rings (SSSR count). The number of hydrogen-bond acceptors (Lipinski definition) is 5. The second-order valence-corrected chi connectivity index (χ2v) is 4.90. The van der Waals surface area contributed by atoms with E-state index in [0.717, 1.165) is 0 Å². The number of hydrogen-bond donors (Lipinski definition) is 0. The predicted molar refractivity (Wildman–Crippen MR) is 79.8 cm³/mol. The first-order chi connectivity index (χ1) is 10.2. The molecule has 0 bridgehead atoms. The van der Waals surface area contributed by atoms with Gasteiger partial charge in [-0.2, -0.15) is 16.6 Å². The van der Waals surface area contributed by atoms with E-state index in [1.807, 2.05) is 6.07 Å². The molecule has 1 aromatic heterocycles. The fourth-order valence-corrected chi connectivity index (χ4v) is 2.33. The number of carbonyl (C=O) groups excluding carboxylic acids is 2. The molecular weight excluding hydrogens is 286 g/mol. The van der Waals surface area contributed by atoms with Crippen molar-refractivity contribution in [3.05, 3.63) is 63.4 Å². The number of benzene rings is 1. The minimum Gasteiger partial charge on any atom is -0.465 e. The number of esters is 1. The maximum Gasteiger partial charge on any atom is 0.341 e. The zero-order valence-electron chi connectivity index (χ0n) is 11.2. The Balaban J connectivity index is 2.40. The van der Waals surface area contributed by atoms with Gasteiger partial charge in [-0.25, -0.2) is 4.79 Å². The Morgan fingerprint density at radius 1 is 1.24 bits per heavy atom. The SMILES string of the molecule is COC(=O)/C(=C\c1ccc(C#N)cc1)C(=O)c1ccsc1. The number of Topliss-reactive ketones (excluding diaryl/α,β-unsaturated/α-hetero) is 1. The second-order valence-electron chi connectivity index (χ2n) is 4.12. The average Bonchev–Trinajstić information content (AvgIpc) is 3.06. The van der Waals surface area contributed by atoms with Crippen LogP contribution in [0.3, 0.4) is 0 Å². The van der Waals surface area contributed by atoms with Crippen LogP contribution in [-0.2, 0) is 9.53 Å². The maximum absolute atomic E-state index is 12.3. The van der Waals surface area contributed by atoms with Crippen molar-refractivity contribution in [2.45, 2.75) is 0 Å². The van der Waals surface area contributed by atoms with Crippen LogP contribution >= 0.6 is 11.3 Å². The van der Waals surface area contributed by atoms with Crippen LogP contribution in [0.1, 0.15) is 21.5 Å². The summed E-state index contributed by atoms with van der Waals surface area (Å²) in [5.74, 6) is -1.07. The number of thiophene rings is 1. The van der Waals surface area contributed by atoms with Crippen LogP contribution in [0.25, 0.3) is 6.08 Å². The highest BCUT2D eigenvalue weighted by molar-refractivity contribution is 7.08. The summed E-state index contributed by atoms with van der Waals surface area (Å²) in [7, 11) is 1.23. The summed E-state index contributed by atoms with van der Waals surface area (Å²) in [4.78, 5) is 24.1. The zero-order valence-corrected chi connectivity index (χ0v) is 12.0. The number of methoxy groups -OCH3 is 1. The molecule has 0 aliphatic rings. The van der Waals surface area contributed by atoms with Crippen molar-refractivity contribution in [3.63, 3.8) is 0 Å². The Kier molecular flexibility index (Phi) is 4.64. The molecular formula is C16H11NO3S. The molecule has 5 heteroatoms. The standard InChI is InChI=1S/C16H11NO3S/c1-20-16(19)14(15(18)13-6-7-21-10-13)8-11-2-4-12(9-17)5-3-11/h2-8,10H,1H3/b14-8-. The van der Waals surface area contributed by atoms with E-state index in [9.17, 15) is 9.59 Å². The summed E-state index contributed by atoms with van der Waals surface area (Å²) < 4.78 is 4.67. The van der Waals surface area contributed by atoms with Gasteiger partial charge in [0.05, 0.1) is 18.7 Å². The van der Waals surface area contributed by atoms with Crippen LogP contribution in [0.2, 0.25) is 0 Å². The molecule has 104 valence electrons. The van der Waals surface area contributed by atoms with Gasteiger partial charge >= 0.3 is 5.97 Å². The molecule has 1 aromatic carbocycles. The van der Waals surface area contributed by atoms with E-state index < -0.39 is 5.97 Å². The maximum atomic E-state index is 12.3. The zero-order chi connectivity index (χ0) is 15.2. The highest BCUT2D eigenvalue weighted by Gasteiger charge is 2.20. The Hall–Kier alpha value is -2.71. The van der Waals surface area contributed by atoms with Crippen molar-refractivity contribution >= 4 is 29.2 Å². The van der Waals surface area contributed by atoms with Gasteiger partial charge in [0, 0.05) is 10.9 Å². The summed E-state index contributed by atoms with van der Waals surface area (Å²) in [5.41, 5.74) is 1.57. The van der Waals surface area contributed by atoms with E-state index in [2.05, 4.69) is 4.74 Å². The third kappa shape index (κ3) is 3.44. The summed E-state index contributed by atoms with van der Waals surface area (Å²) in [6.45, 7) is 0. The largest absolute Gasteiger partial charge is 0.465 e. The van der Waals surface area contributed by atoms with Gasteiger partial charge in [0.1, 0.15) is 5.57 Å². The lowest BCUT2D eigenvalue weighted by molar-refractivity contribution is -0.135. The molecule has 0 radical (unpaired) electrons. The lowest BCUT2D eigenvalue weighted by atomic mass is 10.0. The summed E-state index contributed by atoms with van der Waals surface area (Å²) in [6, 6.07) is 10.2. The minimum atomic E-state index is -0.685. The fraction of sp³-hybridized carbons (Fsp3) is 0.0625. The average molecular weight is 297 g/mol. The Labute approximate surface area is 125 Å². The van der Waals surface area contributed by atoms with Gasteiger partial charge < -0.3 is 4.74 Å². The molecule has 0 saturated heterocycles. The van der Waals surface area contributed by atoms with Crippen LogP contribution < -0.4 is 0 Å². The first-order valence-electron chi connectivity index (χ1n) is 6.03. The quantitative estimate of drug-likeness (QED) is 0.286. The summed E-state index contributed by atoms with van der Waals surface area (Å²) in [6.07, 6.45) is 1.47. The highest BCUT2D eigenvalue weighted by atomic mass is 32.1. The molecule has 2 aromatic rings. The number of ether oxygens (including phenoxy) is 1. The molecule has 0 aliphatic carbocycles. The van der Waals surface area contributed by atoms with Gasteiger partial charge in [-0.15, -0.1) is 0 Å². The number of carbonyl (C=O) groups is 2. The van der Waals surface area contributed by atoms with E-state index in [1.165, 1.54) is 24.5 Å². The van der Waals surface area contributed by atoms with E-state index in [1.54, 1.807) is 41.1 Å². The molecule has 1 heterocycles. The Morgan fingerprint density at radius 2 is 1.95 bits per heavy atom. The van der Waals surface area contributed by atoms with Crippen molar-refractivity contribution in [2.24, 2.45) is 0 Å². The topological polar surface area (TPSA) is 67.2 Å². The number of ketones is 1. The van der Waals surface area contributed by atoms with Crippen LogP contribution in [0.4, 0.5) is 0 Å². The fourth-order valence-electron chi connectivity index (χ4n) is 1.70. The predicted octanol–water partition coefficient (Wildman–Crippen LogP) is 3.06. The molecule has 21 heavy (non-hydrogen) atoms. The van der Waals surface area contributed by atoms with Crippen LogP contribution in [-0.4, -0.2) is 18.9 Å². The molecule has 0 saturated carbocycles. The number of nitriles is 1. The van der Waals surface area contributed by atoms with Gasteiger partial charge in [0.15, 0.2) is 0 Å². The molecule has 0 N–H and O–H groups in total. The summed E-state index contributed by atoms with van der Waals surface area (Å²) >= 11 is 1.38. The molecule has 0 atom stereocenters. The van der Waals surface area contributed by atoms with E-state index in [4.69, 9.17) is 5.26 Å². The van der Waals surface area contributed by atoms with E-state index >= 15 is 0 Å².